The predicted octanol–water partition coefficient (Wildman–Crippen LogP) is 3.54. The Bertz CT molecular complexity index is 1060. The highest BCUT2D eigenvalue weighted by atomic mass is 16.6. The van der Waals surface area contributed by atoms with Crippen molar-refractivity contribution in [1.82, 2.24) is 20.0 Å². The van der Waals surface area contributed by atoms with Gasteiger partial charge < -0.3 is 9.42 Å². The van der Waals surface area contributed by atoms with E-state index < -0.39 is 0 Å². The number of benzene rings is 1. The normalized spacial score (nSPS) is 16.0. The lowest BCUT2D eigenvalue weighted by molar-refractivity contribution is -0.383. The Morgan fingerprint density at radius 2 is 2.00 bits per heavy atom. The Morgan fingerprint density at radius 1 is 1.17 bits per heavy atom. The third-order valence-electron chi connectivity index (χ3n) is 5.33. The fraction of sp³-hybridized carbons (Fsp3) is 0.476. The van der Waals surface area contributed by atoms with E-state index in [9.17, 15) is 10.1 Å². The van der Waals surface area contributed by atoms with Crippen LogP contribution in [0.1, 0.15) is 38.9 Å². The van der Waals surface area contributed by atoms with Gasteiger partial charge in [0, 0.05) is 43.9 Å². The van der Waals surface area contributed by atoms with Gasteiger partial charge in [-0.1, -0.05) is 25.9 Å². The summed E-state index contributed by atoms with van der Waals surface area (Å²) in [7, 11) is 0. The van der Waals surface area contributed by atoms with E-state index in [1.54, 1.807) is 24.4 Å². The molecule has 3 heterocycles. The van der Waals surface area contributed by atoms with Crippen molar-refractivity contribution in [2.45, 2.75) is 39.2 Å². The molecule has 0 bridgehead atoms. The summed E-state index contributed by atoms with van der Waals surface area (Å²) in [6.45, 7) is 10.2. The molecule has 3 aromatic rings. The monoisotopic (exact) mass is 410 g/mol. The summed E-state index contributed by atoms with van der Waals surface area (Å²) in [5.74, 6) is 1.35. The summed E-state index contributed by atoms with van der Waals surface area (Å²) < 4.78 is 5.41. The molecule has 9 nitrogen and oxygen atoms in total. The quantitative estimate of drug-likeness (QED) is 0.475. The first-order chi connectivity index (χ1) is 14.3. The summed E-state index contributed by atoms with van der Waals surface area (Å²) in [5.41, 5.74) is 1.54. The minimum atomic E-state index is -0.352. The zero-order chi connectivity index (χ0) is 21.3. The minimum absolute atomic E-state index is 0.0880. The molecule has 0 unspecified atom stereocenters. The molecule has 0 aliphatic carbocycles. The number of nitrogens with zero attached hydrogens (tertiary/aromatic N) is 6. The number of nitro benzene ring substituents is 1. The van der Waals surface area contributed by atoms with Crippen LogP contribution in [0.15, 0.2) is 35.0 Å². The molecule has 0 spiro atoms. The first-order valence-electron chi connectivity index (χ1n) is 10.2. The summed E-state index contributed by atoms with van der Waals surface area (Å²) in [4.78, 5) is 24.6. The zero-order valence-electron chi connectivity index (χ0n) is 17.5. The van der Waals surface area contributed by atoms with Gasteiger partial charge in [0.1, 0.15) is 5.52 Å². The molecule has 0 atom stereocenters. The Hall–Kier alpha value is -3.07. The summed E-state index contributed by atoms with van der Waals surface area (Å²) >= 11 is 0. The van der Waals surface area contributed by atoms with E-state index in [4.69, 9.17) is 4.52 Å². The molecule has 4 rings (SSSR count). The zero-order valence-corrected chi connectivity index (χ0v) is 17.5. The highest BCUT2D eigenvalue weighted by Crippen LogP contribution is 2.32. The molecule has 1 saturated heterocycles. The molecule has 1 aliphatic heterocycles. The Kier molecular flexibility index (Phi) is 5.38. The summed E-state index contributed by atoms with van der Waals surface area (Å²) in [5, 5.41) is 16.1. The van der Waals surface area contributed by atoms with E-state index in [0.717, 1.165) is 38.3 Å². The molecule has 1 aromatic carbocycles. The molecule has 1 aliphatic rings. The lowest BCUT2D eigenvalue weighted by Crippen LogP contribution is -2.31. The Balaban J connectivity index is 1.50. The van der Waals surface area contributed by atoms with Gasteiger partial charge in [0.25, 0.3) is 5.69 Å². The second-order valence-corrected chi connectivity index (χ2v) is 8.64. The third kappa shape index (κ3) is 4.11. The van der Waals surface area contributed by atoms with Crippen molar-refractivity contribution < 1.29 is 9.45 Å². The highest BCUT2D eigenvalue weighted by molar-refractivity contribution is 5.97. The number of pyridine rings is 1. The van der Waals surface area contributed by atoms with Crippen LogP contribution in [0.5, 0.6) is 0 Å². The van der Waals surface area contributed by atoms with Crippen molar-refractivity contribution >= 4 is 22.3 Å². The molecule has 158 valence electrons. The lowest BCUT2D eigenvalue weighted by Gasteiger charge is -2.24. The number of fused-ring (bicyclic) bond motifs is 1. The number of nitro groups is 1. The van der Waals surface area contributed by atoms with Gasteiger partial charge in [-0.3, -0.25) is 20.0 Å². The van der Waals surface area contributed by atoms with Gasteiger partial charge in [-0.2, -0.15) is 4.98 Å². The number of hydrogen-bond donors (Lipinski definition) is 0. The fourth-order valence-electron chi connectivity index (χ4n) is 3.75. The van der Waals surface area contributed by atoms with Crippen molar-refractivity contribution in [2.24, 2.45) is 0 Å². The van der Waals surface area contributed by atoms with Crippen molar-refractivity contribution in [1.29, 1.82) is 0 Å². The van der Waals surface area contributed by atoms with Crippen LogP contribution < -0.4 is 4.90 Å². The van der Waals surface area contributed by atoms with Crippen LogP contribution in [0.4, 0.5) is 11.4 Å². The summed E-state index contributed by atoms with van der Waals surface area (Å²) in [6, 6.07) is 6.89. The first kappa shape index (κ1) is 20.2. The van der Waals surface area contributed by atoms with E-state index in [-0.39, 0.29) is 16.0 Å². The highest BCUT2D eigenvalue weighted by Gasteiger charge is 2.24. The summed E-state index contributed by atoms with van der Waals surface area (Å²) in [6.07, 6.45) is 2.65. The van der Waals surface area contributed by atoms with Crippen molar-refractivity contribution in [3.63, 3.8) is 0 Å². The molecule has 0 N–H and O–H groups in total. The molecule has 0 amide bonds. The molecule has 9 heteroatoms. The van der Waals surface area contributed by atoms with Gasteiger partial charge >= 0.3 is 0 Å². The molecular formula is C21H26N6O3. The second-order valence-electron chi connectivity index (χ2n) is 8.64. The van der Waals surface area contributed by atoms with Gasteiger partial charge in [-0.05, 0) is 24.6 Å². The van der Waals surface area contributed by atoms with E-state index in [2.05, 4.69) is 45.7 Å². The van der Waals surface area contributed by atoms with Crippen LogP contribution in [-0.4, -0.2) is 51.1 Å². The lowest BCUT2D eigenvalue weighted by atomic mass is 9.97. The number of hydrogen-bond acceptors (Lipinski definition) is 8. The fourth-order valence-corrected chi connectivity index (χ4v) is 3.75. The molecule has 0 radical (unpaired) electrons. The van der Waals surface area contributed by atoms with Crippen LogP contribution in [-0.2, 0) is 12.0 Å². The van der Waals surface area contributed by atoms with Gasteiger partial charge in [0.15, 0.2) is 5.82 Å². The van der Waals surface area contributed by atoms with Crippen molar-refractivity contribution in [3.05, 3.63) is 52.3 Å². The standard InChI is InChI=1S/C21H26N6O3/c1-21(2,3)20-23-18(24-30-20)14-25-10-5-11-26(13-12-25)17-8-7-16(27(28)29)15-6-4-9-22-19(15)17/h4,6-9H,5,10-14H2,1-3H3. The molecule has 30 heavy (non-hydrogen) atoms. The Morgan fingerprint density at radius 3 is 2.73 bits per heavy atom. The molecular weight excluding hydrogens is 384 g/mol. The van der Waals surface area contributed by atoms with E-state index in [0.29, 0.717) is 29.2 Å². The maximum Gasteiger partial charge on any atom is 0.278 e. The van der Waals surface area contributed by atoms with Gasteiger partial charge in [-0.15, -0.1) is 0 Å². The number of non-ortho nitro benzene ring substituents is 1. The Labute approximate surface area is 174 Å². The third-order valence-corrected chi connectivity index (χ3v) is 5.33. The van der Waals surface area contributed by atoms with E-state index >= 15 is 0 Å². The predicted molar refractivity (Wildman–Crippen MR) is 114 cm³/mol. The van der Waals surface area contributed by atoms with Crippen LogP contribution >= 0.6 is 0 Å². The van der Waals surface area contributed by atoms with Crippen LogP contribution in [0, 0.1) is 10.1 Å². The van der Waals surface area contributed by atoms with Crippen molar-refractivity contribution in [2.75, 3.05) is 31.1 Å². The van der Waals surface area contributed by atoms with Gasteiger partial charge in [-0.25, -0.2) is 0 Å². The first-order valence-corrected chi connectivity index (χ1v) is 10.2. The second kappa shape index (κ2) is 7.98. The largest absolute Gasteiger partial charge is 0.368 e. The molecule has 1 fully saturated rings. The average molecular weight is 410 g/mol. The maximum absolute atomic E-state index is 11.4. The van der Waals surface area contributed by atoms with Crippen LogP contribution in [0.2, 0.25) is 0 Å². The molecule has 2 aromatic heterocycles. The topological polar surface area (TPSA) is 101 Å². The smallest absolute Gasteiger partial charge is 0.278 e. The number of rotatable bonds is 4. The minimum Gasteiger partial charge on any atom is -0.368 e. The van der Waals surface area contributed by atoms with Gasteiger partial charge in [0.05, 0.1) is 22.5 Å². The van der Waals surface area contributed by atoms with Crippen LogP contribution in [0.3, 0.4) is 0 Å². The maximum atomic E-state index is 11.4. The van der Waals surface area contributed by atoms with Crippen molar-refractivity contribution in [3.8, 4) is 0 Å². The van der Waals surface area contributed by atoms with E-state index in [1.165, 1.54) is 0 Å². The van der Waals surface area contributed by atoms with Gasteiger partial charge in [0.2, 0.25) is 5.89 Å². The van der Waals surface area contributed by atoms with Crippen LogP contribution in [0.25, 0.3) is 10.9 Å². The number of aromatic nitrogens is 3. The SMILES string of the molecule is CC(C)(C)c1nc(CN2CCCN(c3ccc([N+](=O)[O-])c4cccnc34)CC2)no1. The van der Waals surface area contributed by atoms with E-state index in [1.807, 2.05) is 6.07 Å². The average Bonchev–Trinajstić information content (AvgIpc) is 3.06. The number of anilines is 1. The molecule has 0 saturated carbocycles.